The van der Waals surface area contributed by atoms with Gasteiger partial charge in [-0.3, -0.25) is 9.69 Å². The lowest BCUT2D eigenvalue weighted by molar-refractivity contribution is -0.130. The first-order valence-electron chi connectivity index (χ1n) is 8.86. The van der Waals surface area contributed by atoms with Crippen molar-refractivity contribution in [1.82, 2.24) is 13.9 Å². The van der Waals surface area contributed by atoms with Crippen LogP contribution in [0.1, 0.15) is 19.3 Å². The number of rotatable bonds is 4. The molecule has 0 bridgehead atoms. The summed E-state index contributed by atoms with van der Waals surface area (Å²) < 4.78 is 79.6. The van der Waals surface area contributed by atoms with Gasteiger partial charge in [0, 0.05) is 25.2 Å². The Morgan fingerprint density at radius 2 is 1.86 bits per heavy atom. The molecule has 154 valence electrons. The zero-order valence-corrected chi connectivity index (χ0v) is 16.3. The monoisotopic (exact) mass is 435 g/mol. The van der Waals surface area contributed by atoms with Crippen molar-refractivity contribution in [3.05, 3.63) is 29.8 Å². The number of amides is 1. The first-order valence-corrected chi connectivity index (χ1v) is 11.9. The predicted molar refractivity (Wildman–Crippen MR) is 94.1 cm³/mol. The zero-order valence-electron chi connectivity index (χ0n) is 14.7. The highest BCUT2D eigenvalue weighted by Crippen LogP contribution is 2.34. The smallest absolute Gasteiger partial charge is 0.253 e. The van der Waals surface area contributed by atoms with Crippen molar-refractivity contribution < 1.29 is 30.4 Å². The normalized spacial score (nSPS) is 28.2. The number of fused-ring (bicyclic) bond motifs is 1. The number of halogens is 2. The van der Waals surface area contributed by atoms with Gasteiger partial charge in [-0.1, -0.05) is 0 Å². The lowest BCUT2D eigenvalue weighted by atomic mass is 10.1. The first-order chi connectivity index (χ1) is 13.1. The van der Waals surface area contributed by atoms with Crippen LogP contribution in [0, 0.1) is 11.6 Å². The molecule has 0 unspecified atom stereocenters. The van der Waals surface area contributed by atoms with Crippen LogP contribution in [-0.2, 0) is 24.8 Å². The molecule has 12 heteroatoms. The van der Waals surface area contributed by atoms with E-state index in [0.29, 0.717) is 18.9 Å². The van der Waals surface area contributed by atoms with Crippen LogP contribution in [-0.4, -0.2) is 68.9 Å². The molecule has 1 aromatic rings. The summed E-state index contributed by atoms with van der Waals surface area (Å²) in [6, 6.07) is 0.617. The van der Waals surface area contributed by atoms with Crippen molar-refractivity contribution in [3.8, 4) is 0 Å². The van der Waals surface area contributed by atoms with Gasteiger partial charge in [0.05, 0.1) is 16.7 Å². The summed E-state index contributed by atoms with van der Waals surface area (Å²) in [5.41, 5.74) is 0. The van der Waals surface area contributed by atoms with Crippen LogP contribution >= 0.6 is 0 Å². The zero-order chi connectivity index (χ0) is 20.3. The van der Waals surface area contributed by atoms with Crippen LogP contribution < -0.4 is 4.72 Å². The number of hydrogen-bond acceptors (Lipinski definition) is 6. The summed E-state index contributed by atoms with van der Waals surface area (Å²) in [5.74, 6) is -3.15. The highest BCUT2D eigenvalue weighted by atomic mass is 32.2. The maximum absolute atomic E-state index is 13.4. The molecule has 0 aromatic heterocycles. The Bertz CT molecular complexity index is 1030. The Morgan fingerprint density at radius 3 is 2.50 bits per heavy atom. The van der Waals surface area contributed by atoms with Gasteiger partial charge < -0.3 is 0 Å². The minimum atomic E-state index is -4.12. The van der Waals surface area contributed by atoms with Gasteiger partial charge >= 0.3 is 0 Å². The molecule has 1 aromatic carbocycles. The fourth-order valence-electron chi connectivity index (χ4n) is 3.76. The van der Waals surface area contributed by atoms with Crippen molar-refractivity contribution in [2.24, 2.45) is 0 Å². The van der Waals surface area contributed by atoms with E-state index in [1.165, 1.54) is 0 Å². The lowest BCUT2D eigenvalue weighted by Gasteiger charge is -2.23. The molecule has 3 aliphatic rings. The first kappa shape index (κ1) is 19.7. The van der Waals surface area contributed by atoms with E-state index in [4.69, 9.17) is 0 Å². The molecule has 2 heterocycles. The van der Waals surface area contributed by atoms with Crippen LogP contribution in [0.2, 0.25) is 0 Å². The van der Waals surface area contributed by atoms with E-state index >= 15 is 0 Å². The number of nitrogens with zero attached hydrogens (tertiary/aromatic N) is 2. The van der Waals surface area contributed by atoms with Crippen molar-refractivity contribution in [3.63, 3.8) is 0 Å². The SMILES string of the molecule is O=C1[C@@H]2C[C@H](NS(=O)(=O)c3ccc(F)c(F)c3)CN2CCS(=O)(=O)N1C1CC1. The third-order valence-electron chi connectivity index (χ3n) is 5.24. The molecule has 0 radical (unpaired) electrons. The second-order valence-corrected chi connectivity index (χ2v) is 11.0. The number of sulfonamides is 2. The number of nitrogens with one attached hydrogen (secondary N) is 1. The maximum atomic E-state index is 13.4. The second-order valence-electron chi connectivity index (χ2n) is 7.32. The van der Waals surface area contributed by atoms with Crippen molar-refractivity contribution in [2.45, 2.75) is 42.3 Å². The average Bonchev–Trinajstić information content (AvgIpc) is 3.35. The molecule has 2 saturated heterocycles. The summed E-state index contributed by atoms with van der Waals surface area (Å²) >= 11 is 0. The van der Waals surface area contributed by atoms with E-state index in [2.05, 4.69) is 4.72 Å². The van der Waals surface area contributed by atoms with Crippen LogP contribution in [0.25, 0.3) is 0 Å². The van der Waals surface area contributed by atoms with Gasteiger partial charge in [-0.15, -0.1) is 0 Å². The Balaban J connectivity index is 1.52. The molecule has 0 spiro atoms. The molecule has 1 amide bonds. The van der Waals surface area contributed by atoms with E-state index < -0.39 is 54.6 Å². The Labute approximate surface area is 161 Å². The van der Waals surface area contributed by atoms with Gasteiger partial charge in [0.2, 0.25) is 20.0 Å². The van der Waals surface area contributed by atoms with Crippen LogP contribution in [0.3, 0.4) is 0 Å². The lowest BCUT2D eigenvalue weighted by Crippen LogP contribution is -2.45. The van der Waals surface area contributed by atoms with Gasteiger partial charge in [-0.25, -0.2) is 34.6 Å². The standard InChI is InChI=1S/C16H19F2N3O5S2/c17-13-4-3-12(8-14(13)18)28(25,26)19-10-7-15-16(22)21(11-1-2-11)27(23,24)6-5-20(15)9-10/h3-4,8,10-11,15,19H,1-2,5-7,9H2/t10-,15-/m0/s1. The average molecular weight is 435 g/mol. The molecule has 2 atom stereocenters. The Hall–Kier alpha value is -1.63. The fourth-order valence-corrected chi connectivity index (χ4v) is 6.73. The molecule has 2 aliphatic heterocycles. The van der Waals surface area contributed by atoms with E-state index in [1.807, 2.05) is 0 Å². The Kier molecular flexibility index (Phi) is 4.72. The van der Waals surface area contributed by atoms with E-state index in [0.717, 1.165) is 16.4 Å². The number of hydrogen-bond donors (Lipinski definition) is 1. The highest BCUT2D eigenvalue weighted by molar-refractivity contribution is 7.89. The highest BCUT2D eigenvalue weighted by Gasteiger charge is 2.50. The number of carbonyl (C=O) groups excluding carboxylic acids is 1. The van der Waals surface area contributed by atoms with Gasteiger partial charge in [0.15, 0.2) is 11.6 Å². The summed E-state index contributed by atoms with van der Waals surface area (Å²) in [4.78, 5) is 14.1. The third kappa shape index (κ3) is 3.53. The number of carbonyl (C=O) groups is 1. The topological polar surface area (TPSA) is 104 Å². The molecular weight excluding hydrogens is 416 g/mol. The van der Waals surface area contributed by atoms with Crippen LogP contribution in [0.4, 0.5) is 8.78 Å². The van der Waals surface area contributed by atoms with Gasteiger partial charge in [-0.05, 0) is 37.5 Å². The summed E-state index contributed by atoms with van der Waals surface area (Å²) in [5, 5.41) is 0. The summed E-state index contributed by atoms with van der Waals surface area (Å²) in [6.07, 6.45) is 1.40. The summed E-state index contributed by atoms with van der Waals surface area (Å²) in [7, 11) is -7.79. The minimum Gasteiger partial charge on any atom is -0.289 e. The van der Waals surface area contributed by atoms with Gasteiger partial charge in [0.1, 0.15) is 0 Å². The van der Waals surface area contributed by atoms with Crippen molar-refractivity contribution in [1.29, 1.82) is 0 Å². The molecule has 8 nitrogen and oxygen atoms in total. The van der Waals surface area contributed by atoms with E-state index in [-0.39, 0.29) is 31.3 Å². The molecule has 1 saturated carbocycles. The fraction of sp³-hybridized carbons (Fsp3) is 0.562. The molecule has 1 N–H and O–H groups in total. The van der Waals surface area contributed by atoms with E-state index in [9.17, 15) is 30.4 Å². The number of benzene rings is 1. The minimum absolute atomic E-state index is 0.112. The molecule has 4 rings (SSSR count). The van der Waals surface area contributed by atoms with Crippen molar-refractivity contribution in [2.75, 3.05) is 18.8 Å². The largest absolute Gasteiger partial charge is 0.289 e. The van der Waals surface area contributed by atoms with Crippen LogP contribution in [0.5, 0.6) is 0 Å². The van der Waals surface area contributed by atoms with Crippen LogP contribution in [0.15, 0.2) is 23.1 Å². The molecule has 1 aliphatic carbocycles. The van der Waals surface area contributed by atoms with Gasteiger partial charge in [-0.2, -0.15) is 0 Å². The van der Waals surface area contributed by atoms with Gasteiger partial charge in [0.25, 0.3) is 5.91 Å². The quantitative estimate of drug-likeness (QED) is 0.715. The second kappa shape index (κ2) is 6.71. The predicted octanol–water partition coefficient (Wildman–Crippen LogP) is 0.0204. The molecule has 28 heavy (non-hydrogen) atoms. The van der Waals surface area contributed by atoms with Crippen molar-refractivity contribution >= 4 is 26.0 Å². The third-order valence-corrected chi connectivity index (χ3v) is 8.54. The summed E-state index contributed by atoms with van der Waals surface area (Å²) in [6.45, 7) is 0.290. The molecular formula is C16H19F2N3O5S2. The maximum Gasteiger partial charge on any atom is 0.253 e. The Morgan fingerprint density at radius 1 is 1.14 bits per heavy atom. The van der Waals surface area contributed by atoms with E-state index in [1.54, 1.807) is 4.90 Å². The molecule has 3 fully saturated rings.